The summed E-state index contributed by atoms with van der Waals surface area (Å²) in [6, 6.07) is 99.4. The van der Waals surface area contributed by atoms with Crippen molar-refractivity contribution >= 4 is 0 Å². The van der Waals surface area contributed by atoms with Gasteiger partial charge in [0.1, 0.15) is 73.2 Å². The Morgan fingerprint density at radius 1 is 0.202 bits per heavy atom. The zero-order chi connectivity index (χ0) is 70.6. The smallest absolute Gasteiger partial charge is 0.187 e. The van der Waals surface area contributed by atoms with Gasteiger partial charge in [0, 0.05) is 0 Å². The predicted octanol–water partition coefficient (Wildman–Crippen LogP) is 14.7. The van der Waals surface area contributed by atoms with E-state index in [0.29, 0.717) is 6.61 Å². The fraction of sp³-hybridized carbons (Fsp3) is 0.318. The van der Waals surface area contributed by atoms with E-state index >= 15 is 0 Å². The third-order valence-electron chi connectivity index (χ3n) is 18.6. The minimum atomic E-state index is -1.50. The minimum Gasteiger partial charge on any atom is -0.374 e. The number of aliphatic hydroxyl groups is 1. The van der Waals surface area contributed by atoms with E-state index in [1.165, 1.54) is 0 Å². The molecule has 10 aromatic carbocycles. The highest BCUT2D eigenvalue weighted by molar-refractivity contribution is 5.21. The second-order valence-corrected chi connectivity index (χ2v) is 26.2. The molecular weight excluding hydrogens is 1310 g/mol. The van der Waals surface area contributed by atoms with E-state index in [1.54, 1.807) is 0 Å². The van der Waals surface area contributed by atoms with Crippen LogP contribution in [0.4, 0.5) is 0 Å². The summed E-state index contributed by atoms with van der Waals surface area (Å²) in [7, 11) is 0. The standard InChI is InChI=1S/C88H92O16/c89-86-83(97-58-71-45-25-8-26-46-71)81(95-56-69-41-21-6-22-42-69)78(75(100-86)62-91-52-65-33-13-2-14-34-65)103-88-85(99-60-73-49-29-10-30-50-73)82(96-57-70-43-23-7-24-44-70)79(76(102-88)63-92-53-66-35-15-3-16-36-66)104-87-84(98-59-72-47-27-9-28-48-72)80(94-55-68-39-19-5-20-40-68)77(93-54-67-37-17-4-18-38-67)74(101-87)61-90-51-64-31-11-1-12-32-64/h1-50,74-89H,51-63H2/t74?,75?,76?,77-,78+,79-,80+,81+,82+,83+,84+,85+,86+,87+,88-/m0/s1. The van der Waals surface area contributed by atoms with Gasteiger partial charge in [-0.05, 0) is 55.6 Å². The molecule has 3 heterocycles. The average Bonchev–Trinajstić information content (AvgIpc) is 0.764. The Morgan fingerprint density at radius 3 is 0.663 bits per heavy atom. The molecule has 3 unspecified atom stereocenters. The summed E-state index contributed by atoms with van der Waals surface area (Å²) in [6.07, 6.45) is -16.1. The van der Waals surface area contributed by atoms with Crippen molar-refractivity contribution in [3.8, 4) is 0 Å². The van der Waals surface area contributed by atoms with E-state index in [2.05, 4.69) is 0 Å². The highest BCUT2D eigenvalue weighted by atomic mass is 16.8. The van der Waals surface area contributed by atoms with Crippen molar-refractivity contribution in [3.63, 3.8) is 0 Å². The molecule has 16 heteroatoms. The zero-order valence-electron chi connectivity index (χ0n) is 58.3. The largest absolute Gasteiger partial charge is 0.374 e. The summed E-state index contributed by atoms with van der Waals surface area (Å²) >= 11 is 0. The summed E-state index contributed by atoms with van der Waals surface area (Å²) in [5, 5.41) is 12.4. The molecule has 540 valence electrons. The van der Waals surface area contributed by atoms with Gasteiger partial charge >= 0.3 is 0 Å². The lowest BCUT2D eigenvalue weighted by Crippen LogP contribution is -2.68. The number of benzene rings is 10. The third-order valence-corrected chi connectivity index (χ3v) is 18.6. The maximum Gasteiger partial charge on any atom is 0.187 e. The van der Waals surface area contributed by atoms with Gasteiger partial charge in [0.25, 0.3) is 0 Å². The lowest BCUT2D eigenvalue weighted by atomic mass is 9.95. The third kappa shape index (κ3) is 21.6. The quantitative estimate of drug-likeness (QED) is 0.0392. The van der Waals surface area contributed by atoms with E-state index in [0.717, 1.165) is 55.6 Å². The number of aliphatic hydroxyl groups excluding tert-OH is 1. The van der Waals surface area contributed by atoms with Crippen LogP contribution in [0.2, 0.25) is 0 Å². The Morgan fingerprint density at radius 2 is 0.394 bits per heavy atom. The first kappa shape index (κ1) is 73.9. The highest BCUT2D eigenvalue weighted by Gasteiger charge is 2.57. The summed E-state index contributed by atoms with van der Waals surface area (Å²) in [4.78, 5) is 0. The van der Waals surface area contributed by atoms with E-state index in [1.807, 2.05) is 303 Å². The first-order valence-corrected chi connectivity index (χ1v) is 35.9. The second kappa shape index (κ2) is 39.6. The van der Waals surface area contributed by atoms with Gasteiger partial charge in [-0.3, -0.25) is 0 Å². The van der Waals surface area contributed by atoms with Gasteiger partial charge in [0.15, 0.2) is 18.9 Å². The molecule has 3 aliphatic rings. The van der Waals surface area contributed by atoms with Crippen molar-refractivity contribution in [1.82, 2.24) is 0 Å². The molecule has 0 saturated carbocycles. The van der Waals surface area contributed by atoms with Crippen molar-refractivity contribution in [2.24, 2.45) is 0 Å². The summed E-state index contributed by atoms with van der Waals surface area (Å²) < 4.78 is 108. The average molecular weight is 1410 g/mol. The van der Waals surface area contributed by atoms with Crippen LogP contribution in [0.1, 0.15) is 55.6 Å². The molecule has 0 radical (unpaired) electrons. The fourth-order valence-electron chi connectivity index (χ4n) is 13.2. The van der Waals surface area contributed by atoms with Crippen LogP contribution in [0.3, 0.4) is 0 Å². The molecule has 0 bridgehead atoms. The van der Waals surface area contributed by atoms with Gasteiger partial charge in [0.2, 0.25) is 0 Å². The van der Waals surface area contributed by atoms with Crippen LogP contribution in [-0.4, -0.2) is 117 Å². The topological polar surface area (TPSA) is 159 Å². The lowest BCUT2D eigenvalue weighted by molar-refractivity contribution is -0.394. The SMILES string of the molecule is O[C@@H]1OC(COCc2ccccc2)[C@@H](O[C@@H]2OC(COCc3ccccc3)[C@H](O[C@H]3OC(COCc4ccccc4)[C@H](OCc4ccccc4)[C@@H](OCc4ccccc4)[C@H]3OCc3ccccc3)[C@@H](OCc3ccccc3)[C@H]2OCc2ccccc2)[C@@H](OCc2ccccc2)[C@H]1OCc1ccccc1. The van der Waals surface area contributed by atoms with Gasteiger partial charge in [-0.1, -0.05) is 303 Å². The maximum atomic E-state index is 12.4. The Hall–Kier alpha value is -8.44. The second-order valence-electron chi connectivity index (χ2n) is 26.2. The van der Waals surface area contributed by atoms with E-state index < -0.39 is 92.1 Å². The molecule has 104 heavy (non-hydrogen) atoms. The molecule has 16 nitrogen and oxygen atoms in total. The van der Waals surface area contributed by atoms with Crippen molar-refractivity contribution in [1.29, 1.82) is 0 Å². The molecule has 10 aromatic rings. The van der Waals surface area contributed by atoms with Gasteiger partial charge in [0.05, 0.1) is 85.9 Å². The Kier molecular flexibility index (Phi) is 28.1. The Labute approximate surface area is 610 Å². The maximum absolute atomic E-state index is 12.4. The van der Waals surface area contributed by atoms with Crippen molar-refractivity contribution in [3.05, 3.63) is 359 Å². The van der Waals surface area contributed by atoms with Crippen LogP contribution >= 0.6 is 0 Å². The monoisotopic (exact) mass is 1400 g/mol. The van der Waals surface area contributed by atoms with E-state index in [4.69, 9.17) is 71.1 Å². The molecule has 0 amide bonds. The molecule has 3 fully saturated rings. The molecule has 3 saturated heterocycles. The van der Waals surface area contributed by atoms with Gasteiger partial charge < -0.3 is 76.2 Å². The molecule has 3 aliphatic heterocycles. The number of hydrogen-bond donors (Lipinski definition) is 1. The zero-order valence-corrected chi connectivity index (χ0v) is 58.3. The molecule has 0 spiro atoms. The first-order chi connectivity index (χ1) is 51.5. The first-order valence-electron chi connectivity index (χ1n) is 35.9. The molecule has 15 atom stereocenters. The molecule has 1 N–H and O–H groups in total. The van der Waals surface area contributed by atoms with E-state index in [9.17, 15) is 5.11 Å². The van der Waals surface area contributed by atoms with Crippen molar-refractivity contribution < 1.29 is 76.2 Å². The van der Waals surface area contributed by atoms with E-state index in [-0.39, 0.29) is 79.3 Å². The summed E-state index contributed by atoms with van der Waals surface area (Å²) in [6.45, 7) is 1.71. The number of rotatable bonds is 37. The van der Waals surface area contributed by atoms with Gasteiger partial charge in [-0.25, -0.2) is 0 Å². The van der Waals surface area contributed by atoms with Crippen LogP contribution in [0.25, 0.3) is 0 Å². The minimum absolute atomic E-state index is 0.0397. The van der Waals surface area contributed by atoms with Crippen molar-refractivity contribution in [2.75, 3.05) is 19.8 Å². The summed E-state index contributed by atoms with van der Waals surface area (Å²) in [5.41, 5.74) is 9.20. The Bertz CT molecular complexity index is 3960. The molecule has 0 aliphatic carbocycles. The number of ether oxygens (including phenoxy) is 15. The van der Waals surface area contributed by atoms with Crippen LogP contribution in [0, 0.1) is 0 Å². The van der Waals surface area contributed by atoms with Crippen molar-refractivity contribution in [2.45, 2.75) is 158 Å². The molecular formula is C88H92O16. The predicted molar refractivity (Wildman–Crippen MR) is 391 cm³/mol. The van der Waals surface area contributed by atoms with Gasteiger partial charge in [-0.2, -0.15) is 0 Å². The fourth-order valence-corrected chi connectivity index (χ4v) is 13.2. The summed E-state index contributed by atoms with van der Waals surface area (Å²) in [5.74, 6) is 0. The number of hydrogen-bond acceptors (Lipinski definition) is 16. The van der Waals surface area contributed by atoms with Crippen LogP contribution in [0.5, 0.6) is 0 Å². The molecule has 0 aromatic heterocycles. The van der Waals surface area contributed by atoms with Crippen LogP contribution in [0.15, 0.2) is 303 Å². The van der Waals surface area contributed by atoms with Crippen LogP contribution < -0.4 is 0 Å². The normalized spacial score (nSPS) is 24.8. The van der Waals surface area contributed by atoms with Gasteiger partial charge in [-0.15, -0.1) is 0 Å². The lowest BCUT2D eigenvalue weighted by Gasteiger charge is -2.51. The highest BCUT2D eigenvalue weighted by Crippen LogP contribution is 2.40. The molecule has 13 rings (SSSR count). The van der Waals surface area contributed by atoms with Crippen LogP contribution in [-0.2, 0) is 137 Å². The Balaban J connectivity index is 0.929.